The van der Waals surface area contributed by atoms with Gasteiger partial charge in [-0.3, -0.25) is 9.59 Å². The lowest BCUT2D eigenvalue weighted by Crippen LogP contribution is -2.28. The molecule has 7 heteroatoms. The highest BCUT2D eigenvalue weighted by atomic mass is 16.4. The Labute approximate surface area is 136 Å². The molecule has 0 aromatic heterocycles. The zero-order chi connectivity index (χ0) is 18.0. The molecule has 0 radical (unpaired) electrons. The fraction of sp³-hybridized carbons (Fsp3) is 0.0588. The summed E-state index contributed by atoms with van der Waals surface area (Å²) in [7, 11) is 0. The maximum atomic E-state index is 12.3. The van der Waals surface area contributed by atoms with Crippen molar-refractivity contribution in [1.82, 2.24) is 4.90 Å². The van der Waals surface area contributed by atoms with Crippen LogP contribution in [0.3, 0.4) is 0 Å². The molecule has 0 saturated carbocycles. The minimum Gasteiger partial charge on any atom is -0.478 e. The average molecular weight is 327 g/mol. The van der Waals surface area contributed by atoms with Gasteiger partial charge < -0.3 is 10.2 Å². The largest absolute Gasteiger partial charge is 0.478 e. The number of carbonyl (C=O) groups excluding carboxylic acids is 2. The van der Waals surface area contributed by atoms with Crippen LogP contribution in [0.4, 0.5) is 0 Å². The van der Waals surface area contributed by atoms with E-state index in [1.165, 1.54) is 19.1 Å². The van der Waals surface area contributed by atoms with Crippen molar-refractivity contribution in [2.75, 3.05) is 0 Å². The van der Waals surface area contributed by atoms with Crippen LogP contribution in [0.1, 0.15) is 27.6 Å². The molecule has 0 unspecified atom stereocenters. The van der Waals surface area contributed by atoms with Gasteiger partial charge >= 0.3 is 11.9 Å². The summed E-state index contributed by atoms with van der Waals surface area (Å²) in [6.45, 7) is 4.79. The van der Waals surface area contributed by atoms with Crippen LogP contribution < -0.4 is 0 Å². The molecule has 2 amide bonds. The molecule has 0 aliphatic carbocycles. The van der Waals surface area contributed by atoms with E-state index < -0.39 is 29.3 Å². The van der Waals surface area contributed by atoms with Gasteiger partial charge in [0, 0.05) is 11.3 Å². The van der Waals surface area contributed by atoms with Crippen LogP contribution in [0.5, 0.6) is 0 Å². The predicted octanol–water partition coefficient (Wildman–Crippen LogP) is 1.84. The van der Waals surface area contributed by atoms with Gasteiger partial charge in [0.1, 0.15) is 0 Å². The number of carboxylic acids is 2. The molecule has 1 aromatic carbocycles. The first-order valence-electron chi connectivity index (χ1n) is 6.77. The van der Waals surface area contributed by atoms with E-state index >= 15 is 0 Å². The molecule has 2 rings (SSSR count). The second-order valence-corrected chi connectivity index (χ2v) is 5.02. The number of benzene rings is 1. The number of hydrogen-bond acceptors (Lipinski definition) is 4. The van der Waals surface area contributed by atoms with Crippen LogP contribution in [0.2, 0.25) is 0 Å². The second-order valence-electron chi connectivity index (χ2n) is 5.02. The van der Waals surface area contributed by atoms with E-state index in [0.717, 1.165) is 17.1 Å². The minimum absolute atomic E-state index is 0.159. The Kier molecular flexibility index (Phi) is 4.45. The Morgan fingerprint density at radius 3 is 1.92 bits per heavy atom. The fourth-order valence-electron chi connectivity index (χ4n) is 2.15. The van der Waals surface area contributed by atoms with Gasteiger partial charge in [-0.15, -0.1) is 0 Å². The monoisotopic (exact) mass is 327 g/mol. The van der Waals surface area contributed by atoms with Crippen molar-refractivity contribution in [2.24, 2.45) is 0 Å². The molecule has 0 saturated heterocycles. The lowest BCUT2D eigenvalue weighted by Gasteiger charge is -2.14. The van der Waals surface area contributed by atoms with E-state index in [1.54, 1.807) is 12.1 Å². The van der Waals surface area contributed by atoms with E-state index in [1.807, 2.05) is 0 Å². The topological polar surface area (TPSA) is 112 Å². The number of allylic oxidation sites excluding steroid dienone is 1. The van der Waals surface area contributed by atoms with Crippen LogP contribution in [-0.4, -0.2) is 38.9 Å². The highest BCUT2D eigenvalue weighted by Gasteiger charge is 2.36. The number of aliphatic carboxylic acids is 2. The number of nitrogens with zero attached hydrogens (tertiary/aromatic N) is 1. The summed E-state index contributed by atoms with van der Waals surface area (Å²) in [6.07, 6.45) is 1.91. The number of amides is 2. The van der Waals surface area contributed by atoms with Crippen LogP contribution in [-0.2, 0) is 9.59 Å². The first kappa shape index (κ1) is 16.9. The summed E-state index contributed by atoms with van der Waals surface area (Å²) in [5, 5.41) is 18.0. The van der Waals surface area contributed by atoms with E-state index in [4.69, 9.17) is 10.2 Å². The molecule has 0 bridgehead atoms. The normalized spacial score (nSPS) is 14.6. The maximum absolute atomic E-state index is 12.3. The summed E-state index contributed by atoms with van der Waals surface area (Å²) in [5.41, 5.74) is -0.374. The van der Waals surface area contributed by atoms with Gasteiger partial charge in [-0.1, -0.05) is 18.7 Å². The molecular weight excluding hydrogens is 314 g/mol. The molecule has 1 aromatic rings. The molecule has 1 heterocycles. The summed E-state index contributed by atoms with van der Waals surface area (Å²) < 4.78 is 0. The number of carboxylic acid groups (broad SMARTS) is 2. The third kappa shape index (κ3) is 3.00. The van der Waals surface area contributed by atoms with Gasteiger partial charge in [0.05, 0.1) is 16.7 Å². The fourth-order valence-corrected chi connectivity index (χ4v) is 2.15. The Morgan fingerprint density at radius 1 is 1.00 bits per heavy atom. The smallest absolute Gasteiger partial charge is 0.335 e. The zero-order valence-corrected chi connectivity index (χ0v) is 12.6. The van der Waals surface area contributed by atoms with Crippen LogP contribution >= 0.6 is 0 Å². The third-order valence-corrected chi connectivity index (χ3v) is 3.36. The van der Waals surface area contributed by atoms with Gasteiger partial charge in [0.25, 0.3) is 11.8 Å². The highest BCUT2D eigenvalue weighted by Crippen LogP contribution is 2.26. The van der Waals surface area contributed by atoms with Crippen LogP contribution in [0, 0.1) is 0 Å². The Hall–Kier alpha value is -3.48. The molecule has 0 spiro atoms. The Balaban J connectivity index is 2.40. The third-order valence-electron chi connectivity index (χ3n) is 3.36. The lowest BCUT2D eigenvalue weighted by atomic mass is 10.1. The summed E-state index contributed by atoms with van der Waals surface area (Å²) in [6, 6.07) is 6.18. The summed E-state index contributed by atoms with van der Waals surface area (Å²) >= 11 is 0. The van der Waals surface area contributed by atoms with Gasteiger partial charge in [-0.2, -0.15) is 0 Å². The summed E-state index contributed by atoms with van der Waals surface area (Å²) in [5.74, 6) is -3.91. The second kappa shape index (κ2) is 6.33. The number of carbonyl (C=O) groups is 4. The average Bonchev–Trinajstić information content (AvgIpc) is 2.78. The van der Waals surface area contributed by atoms with Crippen molar-refractivity contribution in [3.8, 4) is 0 Å². The van der Waals surface area contributed by atoms with E-state index in [9.17, 15) is 19.2 Å². The van der Waals surface area contributed by atoms with Crippen molar-refractivity contribution >= 4 is 23.8 Å². The lowest BCUT2D eigenvalue weighted by molar-refractivity contribution is -0.132. The molecule has 0 atom stereocenters. The van der Waals surface area contributed by atoms with E-state index in [-0.39, 0.29) is 22.4 Å². The first-order valence-corrected chi connectivity index (χ1v) is 6.77. The van der Waals surface area contributed by atoms with Crippen LogP contribution in [0.25, 0.3) is 0 Å². The quantitative estimate of drug-likeness (QED) is 0.485. The van der Waals surface area contributed by atoms with Gasteiger partial charge in [0.15, 0.2) is 0 Å². The molecular formula is C17H13NO6. The number of fused-ring (bicyclic) bond motifs is 1. The van der Waals surface area contributed by atoms with Crippen molar-refractivity contribution in [3.63, 3.8) is 0 Å². The SMILES string of the molecule is C=C(/C=C(\C=C(/C)C(=O)O)C(=O)O)N1C(=O)c2ccccc2C1=O. The maximum Gasteiger partial charge on any atom is 0.335 e. The number of hydrogen-bond donors (Lipinski definition) is 2. The molecule has 2 N–H and O–H groups in total. The Morgan fingerprint density at radius 2 is 1.50 bits per heavy atom. The van der Waals surface area contributed by atoms with Crippen molar-refractivity contribution in [1.29, 1.82) is 0 Å². The van der Waals surface area contributed by atoms with Crippen LogP contribution in [0.15, 0.2) is 59.8 Å². The van der Waals surface area contributed by atoms with E-state index in [2.05, 4.69) is 6.58 Å². The predicted molar refractivity (Wildman–Crippen MR) is 83.2 cm³/mol. The summed E-state index contributed by atoms with van der Waals surface area (Å²) in [4.78, 5) is 47.4. The Bertz CT molecular complexity index is 811. The number of imide groups is 1. The number of rotatable bonds is 5. The van der Waals surface area contributed by atoms with Crippen molar-refractivity contribution in [3.05, 3.63) is 71.0 Å². The molecule has 0 fully saturated rings. The molecule has 1 aliphatic rings. The van der Waals surface area contributed by atoms with Crippen molar-refractivity contribution < 1.29 is 29.4 Å². The molecule has 24 heavy (non-hydrogen) atoms. The van der Waals surface area contributed by atoms with Gasteiger partial charge in [-0.25, -0.2) is 14.5 Å². The minimum atomic E-state index is -1.41. The zero-order valence-electron chi connectivity index (χ0n) is 12.6. The van der Waals surface area contributed by atoms with Gasteiger partial charge in [-0.05, 0) is 31.2 Å². The van der Waals surface area contributed by atoms with Crippen molar-refractivity contribution in [2.45, 2.75) is 6.92 Å². The van der Waals surface area contributed by atoms with Gasteiger partial charge in [0.2, 0.25) is 0 Å². The molecule has 1 aliphatic heterocycles. The molecule has 122 valence electrons. The standard InChI is InChI=1S/C17H13NO6/c1-9(16(21)22)7-11(17(23)24)8-10(2)18-14(19)12-5-3-4-6-13(12)15(18)20/h3-8H,2H2,1H3,(H,21,22)(H,23,24)/b9-7+,11-8+. The van der Waals surface area contributed by atoms with E-state index in [0.29, 0.717) is 0 Å². The molecule has 7 nitrogen and oxygen atoms in total. The first-order chi connectivity index (χ1) is 11.2. The highest BCUT2D eigenvalue weighted by molar-refractivity contribution is 6.22.